The Morgan fingerprint density at radius 1 is 1.03 bits per heavy atom. The second-order valence-electron chi connectivity index (χ2n) is 8.68. The summed E-state index contributed by atoms with van der Waals surface area (Å²) in [6.07, 6.45) is 0.154. The van der Waals surface area contributed by atoms with Crippen LogP contribution in [0.15, 0.2) is 48.5 Å². The zero-order valence-electron chi connectivity index (χ0n) is 19.2. The molecular formula is C26H30N2O6. The molecule has 1 aliphatic carbocycles. The molecule has 2 atom stereocenters. The number of alkyl carbamates (subject to hydrolysis) is 1. The molecule has 1 heterocycles. The number of rotatable bonds is 9. The molecule has 2 aromatic carbocycles. The largest absolute Gasteiger partial charge is 0.481 e. The van der Waals surface area contributed by atoms with E-state index in [1.807, 2.05) is 24.3 Å². The topological polar surface area (TPSA) is 105 Å². The quantitative estimate of drug-likeness (QED) is 0.550. The van der Waals surface area contributed by atoms with Crippen LogP contribution < -0.4 is 5.32 Å². The first-order valence-corrected chi connectivity index (χ1v) is 11.7. The van der Waals surface area contributed by atoms with Crippen molar-refractivity contribution in [1.29, 1.82) is 0 Å². The number of carbonyl (C=O) groups is 3. The van der Waals surface area contributed by atoms with Crippen molar-refractivity contribution in [3.05, 3.63) is 59.7 Å². The van der Waals surface area contributed by atoms with Gasteiger partial charge >= 0.3 is 12.1 Å². The molecule has 2 unspecified atom stereocenters. The van der Waals surface area contributed by atoms with Gasteiger partial charge in [0, 0.05) is 25.0 Å². The van der Waals surface area contributed by atoms with Crippen molar-refractivity contribution in [2.75, 3.05) is 32.9 Å². The molecule has 0 bridgehead atoms. The lowest BCUT2D eigenvalue weighted by molar-refractivity contribution is -0.143. The minimum Gasteiger partial charge on any atom is -0.481 e. The van der Waals surface area contributed by atoms with Crippen LogP contribution in [0, 0.1) is 5.92 Å². The number of hydrogen-bond donors (Lipinski definition) is 2. The molecule has 180 valence electrons. The van der Waals surface area contributed by atoms with Crippen LogP contribution in [0.1, 0.15) is 36.8 Å². The molecular weight excluding hydrogens is 436 g/mol. The number of amides is 2. The van der Waals surface area contributed by atoms with Gasteiger partial charge in [-0.1, -0.05) is 48.5 Å². The Morgan fingerprint density at radius 2 is 1.68 bits per heavy atom. The number of hydrogen-bond acceptors (Lipinski definition) is 5. The molecule has 8 heteroatoms. The highest BCUT2D eigenvalue weighted by Crippen LogP contribution is 2.44. The Bertz CT molecular complexity index is 1010. The number of likely N-dealkylation sites (tertiary alicyclic amines) is 1. The number of benzene rings is 2. The predicted octanol–water partition coefficient (Wildman–Crippen LogP) is 3.25. The summed E-state index contributed by atoms with van der Waals surface area (Å²) < 4.78 is 10.9. The lowest BCUT2D eigenvalue weighted by Gasteiger charge is -2.23. The molecule has 2 aromatic rings. The fourth-order valence-corrected chi connectivity index (χ4v) is 4.90. The Morgan fingerprint density at radius 3 is 2.29 bits per heavy atom. The Labute approximate surface area is 198 Å². The number of nitrogens with zero attached hydrogens (tertiary/aromatic N) is 1. The van der Waals surface area contributed by atoms with Crippen LogP contribution in [0.2, 0.25) is 0 Å². The molecule has 1 aliphatic heterocycles. The van der Waals surface area contributed by atoms with E-state index in [1.165, 1.54) is 11.1 Å². The van der Waals surface area contributed by atoms with Gasteiger partial charge in [0.15, 0.2) is 0 Å². The number of carboxylic acids is 1. The molecule has 4 rings (SSSR count). The SMILES string of the molecule is CC1C(C(=O)O)CCN1C(=O)CCOCCNC(=O)OCC1c2ccccc2-c2ccccc21. The van der Waals surface area contributed by atoms with Gasteiger partial charge in [0.05, 0.1) is 25.6 Å². The van der Waals surface area contributed by atoms with E-state index in [2.05, 4.69) is 29.6 Å². The maximum Gasteiger partial charge on any atom is 0.407 e. The summed E-state index contributed by atoms with van der Waals surface area (Å²) in [5.41, 5.74) is 4.67. The van der Waals surface area contributed by atoms with Gasteiger partial charge in [0.25, 0.3) is 0 Å². The first-order chi connectivity index (χ1) is 16.5. The van der Waals surface area contributed by atoms with Gasteiger partial charge in [-0.3, -0.25) is 9.59 Å². The minimum atomic E-state index is -0.863. The standard InChI is InChI=1S/C26H30N2O6/c1-17-18(25(30)31)10-13-28(17)24(29)11-14-33-15-12-27-26(32)34-16-23-21-8-4-2-6-19(21)20-7-3-5-9-22(20)23/h2-9,17-18,23H,10-16H2,1H3,(H,27,32)(H,30,31). The van der Waals surface area contributed by atoms with Gasteiger partial charge in [0.2, 0.25) is 5.91 Å². The molecule has 1 fully saturated rings. The monoisotopic (exact) mass is 466 g/mol. The van der Waals surface area contributed by atoms with E-state index in [4.69, 9.17) is 9.47 Å². The van der Waals surface area contributed by atoms with Crippen LogP contribution in [-0.2, 0) is 19.1 Å². The van der Waals surface area contributed by atoms with Crippen molar-refractivity contribution in [1.82, 2.24) is 10.2 Å². The van der Waals surface area contributed by atoms with E-state index < -0.39 is 18.0 Å². The summed E-state index contributed by atoms with van der Waals surface area (Å²) in [4.78, 5) is 37.3. The fourth-order valence-electron chi connectivity index (χ4n) is 4.90. The third-order valence-electron chi connectivity index (χ3n) is 6.71. The second-order valence-corrected chi connectivity index (χ2v) is 8.68. The first kappa shape index (κ1) is 23.8. The summed E-state index contributed by atoms with van der Waals surface area (Å²) in [5.74, 6) is -1.47. The van der Waals surface area contributed by atoms with Crippen molar-refractivity contribution in [3.8, 4) is 11.1 Å². The van der Waals surface area contributed by atoms with Crippen LogP contribution in [-0.4, -0.2) is 66.9 Å². The van der Waals surface area contributed by atoms with E-state index in [0.29, 0.717) is 13.0 Å². The number of carboxylic acid groups (broad SMARTS) is 1. The van der Waals surface area contributed by atoms with Crippen molar-refractivity contribution >= 4 is 18.0 Å². The number of carbonyl (C=O) groups excluding carboxylic acids is 2. The molecule has 1 saturated heterocycles. The van der Waals surface area contributed by atoms with Gasteiger partial charge < -0.3 is 24.8 Å². The normalized spacial score (nSPS) is 18.9. The van der Waals surface area contributed by atoms with Crippen molar-refractivity contribution < 1.29 is 29.0 Å². The van der Waals surface area contributed by atoms with Crippen molar-refractivity contribution in [2.24, 2.45) is 5.92 Å². The van der Waals surface area contributed by atoms with E-state index in [-0.39, 0.29) is 50.7 Å². The highest BCUT2D eigenvalue weighted by atomic mass is 16.5. The number of fused-ring (bicyclic) bond motifs is 3. The highest BCUT2D eigenvalue weighted by molar-refractivity contribution is 5.80. The summed E-state index contributed by atoms with van der Waals surface area (Å²) in [7, 11) is 0. The zero-order chi connectivity index (χ0) is 24.1. The molecule has 34 heavy (non-hydrogen) atoms. The maximum absolute atomic E-state index is 12.3. The van der Waals surface area contributed by atoms with Gasteiger partial charge in [-0.15, -0.1) is 0 Å². The lowest BCUT2D eigenvalue weighted by Crippen LogP contribution is -2.38. The average Bonchev–Trinajstić information content (AvgIpc) is 3.38. The Kier molecular flexibility index (Phi) is 7.47. The number of aliphatic carboxylic acids is 1. The average molecular weight is 467 g/mol. The van der Waals surface area contributed by atoms with E-state index in [1.54, 1.807) is 11.8 Å². The van der Waals surface area contributed by atoms with Crippen LogP contribution >= 0.6 is 0 Å². The minimum absolute atomic E-state index is 0.00844. The van der Waals surface area contributed by atoms with Crippen LogP contribution in [0.5, 0.6) is 0 Å². The second kappa shape index (κ2) is 10.7. The summed E-state index contributed by atoms with van der Waals surface area (Å²) in [6.45, 7) is 3.22. The van der Waals surface area contributed by atoms with Crippen molar-refractivity contribution in [3.63, 3.8) is 0 Å². The van der Waals surface area contributed by atoms with Gasteiger partial charge in [0.1, 0.15) is 6.61 Å². The molecule has 2 amide bonds. The predicted molar refractivity (Wildman–Crippen MR) is 125 cm³/mol. The molecule has 0 saturated carbocycles. The number of nitrogens with one attached hydrogen (secondary N) is 1. The third-order valence-corrected chi connectivity index (χ3v) is 6.71. The molecule has 0 spiro atoms. The van der Waals surface area contributed by atoms with E-state index in [0.717, 1.165) is 11.1 Å². The maximum atomic E-state index is 12.3. The Balaban J connectivity index is 1.14. The molecule has 0 aromatic heterocycles. The number of ether oxygens (including phenoxy) is 2. The van der Waals surface area contributed by atoms with E-state index >= 15 is 0 Å². The lowest BCUT2D eigenvalue weighted by atomic mass is 9.98. The molecule has 2 aliphatic rings. The smallest absolute Gasteiger partial charge is 0.407 e. The van der Waals surface area contributed by atoms with Gasteiger partial charge in [-0.25, -0.2) is 4.79 Å². The van der Waals surface area contributed by atoms with Gasteiger partial charge in [-0.05, 0) is 35.6 Å². The summed E-state index contributed by atoms with van der Waals surface area (Å²) >= 11 is 0. The van der Waals surface area contributed by atoms with Crippen LogP contribution in [0.25, 0.3) is 11.1 Å². The summed E-state index contributed by atoms with van der Waals surface area (Å²) in [6, 6.07) is 16.0. The molecule has 2 N–H and O–H groups in total. The van der Waals surface area contributed by atoms with Crippen LogP contribution in [0.4, 0.5) is 4.79 Å². The molecule has 8 nitrogen and oxygen atoms in total. The third kappa shape index (κ3) is 5.07. The fraction of sp³-hybridized carbons (Fsp3) is 0.423. The zero-order valence-corrected chi connectivity index (χ0v) is 19.2. The highest BCUT2D eigenvalue weighted by Gasteiger charge is 2.37. The van der Waals surface area contributed by atoms with E-state index in [9.17, 15) is 19.5 Å². The first-order valence-electron chi connectivity index (χ1n) is 11.7. The van der Waals surface area contributed by atoms with Gasteiger partial charge in [-0.2, -0.15) is 0 Å². The summed E-state index contributed by atoms with van der Waals surface area (Å²) in [5, 5.41) is 11.9. The molecule has 0 radical (unpaired) electrons. The Hall–Kier alpha value is -3.39. The van der Waals surface area contributed by atoms with Crippen molar-refractivity contribution in [2.45, 2.75) is 31.7 Å². The van der Waals surface area contributed by atoms with Crippen LogP contribution in [0.3, 0.4) is 0 Å².